The van der Waals surface area contributed by atoms with Crippen LogP contribution in [-0.2, 0) is 10.9 Å². The molecule has 142 valence electrons. The summed E-state index contributed by atoms with van der Waals surface area (Å²) in [4.78, 5) is 14.6. The molecule has 2 saturated heterocycles. The number of ether oxygens (including phenoxy) is 1. The summed E-state index contributed by atoms with van der Waals surface area (Å²) in [6.07, 6.45) is -0.988. The molecule has 4 nitrogen and oxygen atoms in total. The first-order chi connectivity index (χ1) is 12.8. The molecule has 2 atom stereocenters. The predicted octanol–water partition coefficient (Wildman–Crippen LogP) is 3.96. The van der Waals surface area contributed by atoms with Gasteiger partial charge in [-0.2, -0.15) is 13.2 Å². The van der Waals surface area contributed by atoms with Gasteiger partial charge in [0.1, 0.15) is 10.7 Å². The molecule has 0 amide bonds. The van der Waals surface area contributed by atoms with Gasteiger partial charge in [-0.15, -0.1) is 0 Å². The molecule has 8 heteroatoms. The fourth-order valence-corrected chi connectivity index (χ4v) is 3.44. The standard InChI is InChI=1S/C19H16ClF3N2O2/c20-15-4-5-16(24-17(15)26)14(9-13-6-7-18(25-13)10-27-18)11-2-1-3-12(8-11)19(21,22)23/h1-5,8-9,13,25H,6-7,10H2,(H,24,26)/b14-9+/t13-,18?/m1/s1. The van der Waals surface area contributed by atoms with Crippen molar-refractivity contribution in [2.45, 2.75) is 30.8 Å². The van der Waals surface area contributed by atoms with Crippen molar-refractivity contribution in [3.8, 4) is 0 Å². The van der Waals surface area contributed by atoms with Gasteiger partial charge in [-0.1, -0.05) is 29.8 Å². The second-order valence-electron chi connectivity index (χ2n) is 6.78. The summed E-state index contributed by atoms with van der Waals surface area (Å²) in [6.45, 7) is 0.633. The number of alkyl halides is 3. The van der Waals surface area contributed by atoms with Gasteiger partial charge in [0.15, 0.2) is 0 Å². The smallest absolute Gasteiger partial charge is 0.354 e. The van der Waals surface area contributed by atoms with E-state index in [0.29, 0.717) is 23.4 Å². The third-order valence-electron chi connectivity index (χ3n) is 4.82. The molecule has 1 spiro atoms. The Morgan fingerprint density at radius 2 is 2.07 bits per heavy atom. The van der Waals surface area contributed by atoms with Crippen LogP contribution < -0.4 is 10.9 Å². The quantitative estimate of drug-likeness (QED) is 0.772. The maximum absolute atomic E-state index is 13.1. The minimum Gasteiger partial charge on any atom is -0.354 e. The van der Waals surface area contributed by atoms with E-state index in [9.17, 15) is 18.0 Å². The molecule has 4 rings (SSSR count). The lowest BCUT2D eigenvalue weighted by Gasteiger charge is -2.15. The third-order valence-corrected chi connectivity index (χ3v) is 5.12. The molecular weight excluding hydrogens is 381 g/mol. The lowest BCUT2D eigenvalue weighted by Crippen LogP contribution is -2.31. The van der Waals surface area contributed by atoms with Gasteiger partial charge < -0.3 is 9.72 Å². The Labute approximate surface area is 158 Å². The van der Waals surface area contributed by atoms with Crippen molar-refractivity contribution >= 4 is 17.2 Å². The van der Waals surface area contributed by atoms with Crippen LogP contribution in [-0.4, -0.2) is 23.4 Å². The largest absolute Gasteiger partial charge is 0.416 e. The maximum Gasteiger partial charge on any atom is 0.416 e. The van der Waals surface area contributed by atoms with Crippen LogP contribution >= 0.6 is 11.6 Å². The van der Waals surface area contributed by atoms with Crippen LogP contribution in [0.15, 0.2) is 47.3 Å². The zero-order valence-electron chi connectivity index (χ0n) is 14.1. The Bertz CT molecular complexity index is 964. The van der Waals surface area contributed by atoms with Crippen molar-refractivity contribution in [1.29, 1.82) is 0 Å². The average Bonchev–Trinajstić information content (AvgIpc) is 3.26. The Kier molecular flexibility index (Phi) is 4.41. The summed E-state index contributed by atoms with van der Waals surface area (Å²) >= 11 is 5.79. The highest BCUT2D eigenvalue weighted by molar-refractivity contribution is 6.30. The zero-order valence-corrected chi connectivity index (χ0v) is 14.8. The average molecular weight is 397 g/mol. The third kappa shape index (κ3) is 3.81. The van der Waals surface area contributed by atoms with Crippen molar-refractivity contribution in [1.82, 2.24) is 10.3 Å². The van der Waals surface area contributed by atoms with Crippen LogP contribution in [0.25, 0.3) is 5.57 Å². The number of aromatic amines is 1. The van der Waals surface area contributed by atoms with Crippen LogP contribution in [0.3, 0.4) is 0 Å². The van der Waals surface area contributed by atoms with Crippen LogP contribution in [0.4, 0.5) is 13.2 Å². The minimum absolute atomic E-state index is 0.0199. The van der Waals surface area contributed by atoms with E-state index in [1.165, 1.54) is 12.1 Å². The number of hydrogen-bond acceptors (Lipinski definition) is 3. The first kappa shape index (κ1) is 18.3. The molecular formula is C19H16ClF3N2O2. The molecule has 0 saturated carbocycles. The van der Waals surface area contributed by atoms with E-state index in [1.54, 1.807) is 12.1 Å². The SMILES string of the molecule is O=c1[nH]c(/C(=C/[C@H]2CCC3(CO3)N2)c2cccc(C(F)(F)F)c2)ccc1Cl. The summed E-state index contributed by atoms with van der Waals surface area (Å²) in [5.41, 5.74) is -0.263. The highest BCUT2D eigenvalue weighted by Crippen LogP contribution is 2.38. The van der Waals surface area contributed by atoms with Crippen molar-refractivity contribution in [3.05, 3.63) is 74.7 Å². The van der Waals surface area contributed by atoms with Gasteiger partial charge in [-0.25, -0.2) is 0 Å². The van der Waals surface area contributed by atoms with Crippen LogP contribution in [0.5, 0.6) is 0 Å². The second kappa shape index (κ2) is 6.51. The molecule has 0 aliphatic carbocycles. The fourth-order valence-electron chi connectivity index (χ4n) is 3.33. The van der Waals surface area contributed by atoms with E-state index < -0.39 is 17.3 Å². The molecule has 1 aromatic heterocycles. The molecule has 0 radical (unpaired) electrons. The first-order valence-corrected chi connectivity index (χ1v) is 8.84. The predicted molar refractivity (Wildman–Crippen MR) is 95.4 cm³/mol. The first-order valence-electron chi connectivity index (χ1n) is 8.46. The highest BCUT2D eigenvalue weighted by atomic mass is 35.5. The maximum atomic E-state index is 13.1. The number of H-pyrrole nitrogens is 1. The number of pyridine rings is 1. The number of halogens is 4. The number of nitrogens with one attached hydrogen (secondary N) is 2. The molecule has 3 heterocycles. The fraction of sp³-hybridized carbons (Fsp3) is 0.316. The van der Waals surface area contributed by atoms with E-state index >= 15 is 0 Å². The number of benzene rings is 1. The van der Waals surface area contributed by atoms with Crippen LogP contribution in [0.1, 0.15) is 29.7 Å². The molecule has 2 fully saturated rings. The Morgan fingerprint density at radius 1 is 1.30 bits per heavy atom. The second-order valence-corrected chi connectivity index (χ2v) is 7.19. The van der Waals surface area contributed by atoms with E-state index in [1.807, 2.05) is 6.08 Å². The van der Waals surface area contributed by atoms with Crippen LogP contribution in [0, 0.1) is 0 Å². The Balaban J connectivity index is 1.78. The number of hydrogen-bond donors (Lipinski definition) is 2. The Hall–Kier alpha value is -2.09. The van der Waals surface area contributed by atoms with E-state index in [0.717, 1.165) is 25.0 Å². The van der Waals surface area contributed by atoms with Crippen molar-refractivity contribution in [2.24, 2.45) is 0 Å². The molecule has 27 heavy (non-hydrogen) atoms. The number of epoxide rings is 1. The van der Waals surface area contributed by atoms with Gasteiger partial charge in [0, 0.05) is 17.3 Å². The molecule has 0 bridgehead atoms. The monoisotopic (exact) mass is 396 g/mol. The lowest BCUT2D eigenvalue weighted by molar-refractivity contribution is -0.137. The summed E-state index contributed by atoms with van der Waals surface area (Å²) in [5.74, 6) is 0. The van der Waals surface area contributed by atoms with Gasteiger partial charge in [0.25, 0.3) is 5.56 Å². The zero-order chi connectivity index (χ0) is 19.2. The summed E-state index contributed by atoms with van der Waals surface area (Å²) < 4.78 is 44.8. The number of aromatic nitrogens is 1. The molecule has 2 N–H and O–H groups in total. The molecule has 2 aliphatic rings. The summed E-state index contributed by atoms with van der Waals surface area (Å²) in [6, 6.07) is 8.00. The summed E-state index contributed by atoms with van der Waals surface area (Å²) in [7, 11) is 0. The van der Waals surface area contributed by atoms with Gasteiger partial charge in [-0.05, 0) is 42.7 Å². The topological polar surface area (TPSA) is 57.4 Å². The molecule has 1 unspecified atom stereocenters. The van der Waals surface area contributed by atoms with Gasteiger partial charge in [-0.3, -0.25) is 10.1 Å². The van der Waals surface area contributed by atoms with Crippen LogP contribution in [0.2, 0.25) is 5.02 Å². The van der Waals surface area contributed by atoms with E-state index in [4.69, 9.17) is 16.3 Å². The number of rotatable bonds is 3. The lowest BCUT2D eigenvalue weighted by atomic mass is 9.97. The summed E-state index contributed by atoms with van der Waals surface area (Å²) in [5, 5.41) is 3.36. The highest BCUT2D eigenvalue weighted by Gasteiger charge is 2.49. The normalized spacial score (nSPS) is 25.2. The van der Waals surface area contributed by atoms with Crippen molar-refractivity contribution in [3.63, 3.8) is 0 Å². The van der Waals surface area contributed by atoms with Gasteiger partial charge in [0.2, 0.25) is 0 Å². The Morgan fingerprint density at radius 3 is 2.70 bits per heavy atom. The minimum atomic E-state index is -4.45. The molecule has 2 aliphatic heterocycles. The van der Waals surface area contributed by atoms with E-state index in [2.05, 4.69) is 10.3 Å². The van der Waals surface area contributed by atoms with Crippen molar-refractivity contribution < 1.29 is 17.9 Å². The molecule has 2 aromatic rings. The molecule has 1 aromatic carbocycles. The van der Waals surface area contributed by atoms with Gasteiger partial charge in [0.05, 0.1) is 12.2 Å². The van der Waals surface area contributed by atoms with Gasteiger partial charge >= 0.3 is 6.18 Å². The van der Waals surface area contributed by atoms with Crippen molar-refractivity contribution in [2.75, 3.05) is 6.61 Å². The van der Waals surface area contributed by atoms with E-state index in [-0.39, 0.29) is 16.8 Å².